The zero-order chi connectivity index (χ0) is 24.7. The molecular formula is C27H33N3O4. The van der Waals surface area contributed by atoms with Gasteiger partial charge in [0.15, 0.2) is 5.65 Å². The average Bonchev–Trinajstić information content (AvgIpc) is 2.70. The zero-order valence-corrected chi connectivity index (χ0v) is 20.7. The molecule has 2 heterocycles. The third-order valence-electron chi connectivity index (χ3n) is 6.01. The summed E-state index contributed by atoms with van der Waals surface area (Å²) in [6.07, 6.45) is 0.856. The maximum Gasteiger partial charge on any atom is 0.407 e. The maximum atomic E-state index is 12.0. The SMILES string of the molecule is COc1cc(C)cc(C)c1-c1ccc2ccc(CC3(O)CC(NC(=O)OC(C)(C)C)C3)nc2n1. The molecule has 4 rings (SSSR count). The van der Waals surface area contributed by atoms with E-state index in [1.807, 2.05) is 58.0 Å². The van der Waals surface area contributed by atoms with Crippen molar-refractivity contribution < 1.29 is 19.4 Å². The van der Waals surface area contributed by atoms with Gasteiger partial charge in [-0.25, -0.2) is 14.8 Å². The summed E-state index contributed by atoms with van der Waals surface area (Å²) in [5.41, 5.74) is 3.92. The predicted molar refractivity (Wildman–Crippen MR) is 132 cm³/mol. The average molecular weight is 464 g/mol. The van der Waals surface area contributed by atoms with Crippen LogP contribution in [-0.2, 0) is 11.2 Å². The van der Waals surface area contributed by atoms with E-state index in [0.29, 0.717) is 24.9 Å². The van der Waals surface area contributed by atoms with Gasteiger partial charge in [-0.15, -0.1) is 0 Å². The van der Waals surface area contributed by atoms with E-state index in [9.17, 15) is 9.90 Å². The molecule has 7 nitrogen and oxygen atoms in total. The van der Waals surface area contributed by atoms with E-state index < -0.39 is 17.3 Å². The number of hydrogen-bond acceptors (Lipinski definition) is 6. The van der Waals surface area contributed by atoms with Crippen molar-refractivity contribution in [2.24, 2.45) is 0 Å². The van der Waals surface area contributed by atoms with E-state index >= 15 is 0 Å². The number of aromatic nitrogens is 2. The van der Waals surface area contributed by atoms with Gasteiger partial charge < -0.3 is 19.9 Å². The first-order valence-corrected chi connectivity index (χ1v) is 11.6. The summed E-state index contributed by atoms with van der Waals surface area (Å²) in [4.78, 5) is 21.5. The van der Waals surface area contributed by atoms with Gasteiger partial charge in [0.2, 0.25) is 0 Å². The summed E-state index contributed by atoms with van der Waals surface area (Å²) in [5, 5.41) is 14.7. The van der Waals surface area contributed by atoms with Crippen LogP contribution in [0.5, 0.6) is 5.75 Å². The topological polar surface area (TPSA) is 93.6 Å². The van der Waals surface area contributed by atoms with Crippen LogP contribution in [0.15, 0.2) is 36.4 Å². The fraction of sp³-hybridized carbons (Fsp3) is 0.444. The van der Waals surface area contributed by atoms with Crippen LogP contribution in [0.4, 0.5) is 4.79 Å². The number of aliphatic hydroxyl groups is 1. The second-order valence-electron chi connectivity index (χ2n) is 10.4. The number of alkyl carbamates (subject to hydrolysis) is 1. The summed E-state index contributed by atoms with van der Waals surface area (Å²) >= 11 is 0. The smallest absolute Gasteiger partial charge is 0.407 e. The minimum absolute atomic E-state index is 0.109. The van der Waals surface area contributed by atoms with Crippen molar-refractivity contribution >= 4 is 17.1 Å². The molecule has 0 spiro atoms. The minimum atomic E-state index is -0.908. The molecule has 2 N–H and O–H groups in total. The van der Waals surface area contributed by atoms with Crippen molar-refractivity contribution in [2.45, 2.75) is 71.1 Å². The van der Waals surface area contributed by atoms with E-state index in [-0.39, 0.29) is 6.04 Å². The van der Waals surface area contributed by atoms with E-state index in [2.05, 4.69) is 18.3 Å². The molecule has 1 amide bonds. The lowest BCUT2D eigenvalue weighted by Gasteiger charge is -2.43. The molecule has 2 aromatic heterocycles. The lowest BCUT2D eigenvalue weighted by atomic mass is 9.73. The highest BCUT2D eigenvalue weighted by Gasteiger charge is 2.44. The number of fused-ring (bicyclic) bond motifs is 1. The van der Waals surface area contributed by atoms with Crippen LogP contribution in [0.25, 0.3) is 22.3 Å². The van der Waals surface area contributed by atoms with Crippen molar-refractivity contribution in [2.75, 3.05) is 7.11 Å². The number of hydrogen-bond donors (Lipinski definition) is 2. The van der Waals surface area contributed by atoms with Crippen LogP contribution in [0.1, 0.15) is 50.4 Å². The lowest BCUT2D eigenvalue weighted by Crippen LogP contribution is -2.56. The monoisotopic (exact) mass is 463 g/mol. The molecule has 0 unspecified atom stereocenters. The molecule has 0 saturated heterocycles. The quantitative estimate of drug-likeness (QED) is 0.560. The van der Waals surface area contributed by atoms with Crippen LogP contribution in [0, 0.1) is 13.8 Å². The second kappa shape index (κ2) is 8.87. The fourth-order valence-electron chi connectivity index (χ4n) is 4.61. The van der Waals surface area contributed by atoms with E-state index in [0.717, 1.165) is 39.2 Å². The number of rotatable bonds is 5. The van der Waals surface area contributed by atoms with Crippen molar-refractivity contribution in [3.05, 3.63) is 53.2 Å². The number of methoxy groups -OCH3 is 1. The number of benzene rings is 1. The third kappa shape index (κ3) is 5.30. The molecule has 1 aromatic carbocycles. The highest BCUT2D eigenvalue weighted by Crippen LogP contribution is 2.36. The third-order valence-corrected chi connectivity index (χ3v) is 6.01. The normalized spacial score (nSPS) is 20.0. The Labute approximate surface area is 200 Å². The maximum absolute atomic E-state index is 12.0. The molecule has 1 fully saturated rings. The fourth-order valence-corrected chi connectivity index (χ4v) is 4.61. The molecule has 3 aromatic rings. The Balaban J connectivity index is 1.50. The van der Waals surface area contributed by atoms with Gasteiger partial charge in [0.25, 0.3) is 0 Å². The van der Waals surface area contributed by atoms with E-state index in [1.54, 1.807) is 7.11 Å². The van der Waals surface area contributed by atoms with Gasteiger partial charge >= 0.3 is 6.09 Å². The Hall–Kier alpha value is -3.19. The Morgan fingerprint density at radius 2 is 1.85 bits per heavy atom. The van der Waals surface area contributed by atoms with Crippen molar-refractivity contribution in [3.63, 3.8) is 0 Å². The number of ether oxygens (including phenoxy) is 2. The van der Waals surface area contributed by atoms with Gasteiger partial charge in [-0.05, 0) is 88.9 Å². The number of aryl methyl sites for hydroxylation is 2. The molecule has 0 bridgehead atoms. The summed E-state index contributed by atoms with van der Waals surface area (Å²) in [6, 6.07) is 11.9. The van der Waals surface area contributed by atoms with Gasteiger partial charge in [0, 0.05) is 29.1 Å². The zero-order valence-electron chi connectivity index (χ0n) is 20.7. The molecule has 0 aliphatic heterocycles. The molecular weight excluding hydrogens is 430 g/mol. The summed E-state index contributed by atoms with van der Waals surface area (Å²) in [6.45, 7) is 9.56. The molecule has 0 radical (unpaired) electrons. The number of carbonyl (C=O) groups is 1. The van der Waals surface area contributed by atoms with E-state index in [4.69, 9.17) is 19.4 Å². The van der Waals surface area contributed by atoms with Crippen LogP contribution in [-0.4, -0.2) is 45.5 Å². The highest BCUT2D eigenvalue weighted by atomic mass is 16.6. The molecule has 0 atom stereocenters. The van der Waals surface area contributed by atoms with Gasteiger partial charge in [-0.2, -0.15) is 0 Å². The Kier molecular flexibility index (Phi) is 6.25. The molecule has 1 aliphatic rings. The van der Waals surface area contributed by atoms with Crippen LogP contribution in [0.2, 0.25) is 0 Å². The second-order valence-corrected chi connectivity index (χ2v) is 10.4. The first-order valence-electron chi connectivity index (χ1n) is 11.6. The number of amides is 1. The number of nitrogens with one attached hydrogen (secondary N) is 1. The highest BCUT2D eigenvalue weighted by molar-refractivity contribution is 5.81. The van der Waals surface area contributed by atoms with Crippen molar-refractivity contribution in [1.29, 1.82) is 0 Å². The summed E-state index contributed by atoms with van der Waals surface area (Å²) in [5.74, 6) is 0.785. The largest absolute Gasteiger partial charge is 0.496 e. The van der Waals surface area contributed by atoms with Gasteiger partial charge in [-0.1, -0.05) is 6.07 Å². The number of pyridine rings is 2. The Bertz CT molecular complexity index is 1230. The lowest BCUT2D eigenvalue weighted by molar-refractivity contribution is -0.0567. The predicted octanol–water partition coefficient (Wildman–Crippen LogP) is 4.88. The Morgan fingerprint density at radius 3 is 2.53 bits per heavy atom. The van der Waals surface area contributed by atoms with Crippen LogP contribution in [0.3, 0.4) is 0 Å². The molecule has 7 heteroatoms. The molecule has 34 heavy (non-hydrogen) atoms. The van der Waals surface area contributed by atoms with Crippen LogP contribution < -0.4 is 10.1 Å². The van der Waals surface area contributed by atoms with Gasteiger partial charge in [0.1, 0.15) is 11.4 Å². The first-order chi connectivity index (χ1) is 15.9. The van der Waals surface area contributed by atoms with Crippen molar-refractivity contribution in [1.82, 2.24) is 15.3 Å². The van der Waals surface area contributed by atoms with Crippen LogP contribution >= 0.6 is 0 Å². The molecule has 1 aliphatic carbocycles. The molecule has 1 saturated carbocycles. The van der Waals surface area contributed by atoms with Gasteiger partial charge in [0.05, 0.1) is 18.4 Å². The van der Waals surface area contributed by atoms with Crippen molar-refractivity contribution in [3.8, 4) is 17.0 Å². The van der Waals surface area contributed by atoms with Gasteiger partial charge in [-0.3, -0.25) is 0 Å². The standard InChI is InChI=1S/C27H33N3O4/c1-16-11-17(2)23(22(12-16)33-6)21-10-8-18-7-9-19(28-24(18)30-21)13-27(32)14-20(15-27)29-25(31)34-26(3,4)5/h7-12,20,32H,13-15H2,1-6H3,(H,29,31). The number of carbonyl (C=O) groups excluding carboxylic acids is 1. The number of nitrogens with zero attached hydrogens (tertiary/aromatic N) is 2. The first kappa shape index (κ1) is 24.0. The van der Waals surface area contributed by atoms with E-state index in [1.165, 1.54) is 0 Å². The Morgan fingerprint density at radius 1 is 1.15 bits per heavy atom. The minimum Gasteiger partial charge on any atom is -0.496 e. The summed E-state index contributed by atoms with van der Waals surface area (Å²) < 4.78 is 10.9. The summed E-state index contributed by atoms with van der Waals surface area (Å²) in [7, 11) is 1.67. The molecule has 180 valence electrons.